The van der Waals surface area contributed by atoms with Gasteiger partial charge in [-0.25, -0.2) is 13.2 Å². The number of benzene rings is 3. The summed E-state index contributed by atoms with van der Waals surface area (Å²) in [7, 11) is -3.89. The lowest BCUT2D eigenvalue weighted by atomic mass is 10.2. The SMILES string of the molecule is CCOC(=O)c1cc(S(=O)(=O)c2ccc(OCCNCc3ccccc3)cc2)ccc1O. The molecule has 0 bridgehead atoms. The molecule has 3 aromatic rings. The molecule has 0 saturated carbocycles. The lowest BCUT2D eigenvalue weighted by molar-refractivity contribution is 0.0522. The summed E-state index contributed by atoms with van der Waals surface area (Å²) in [4.78, 5) is 11.9. The normalized spacial score (nSPS) is 11.2. The largest absolute Gasteiger partial charge is 0.507 e. The van der Waals surface area contributed by atoms with E-state index < -0.39 is 15.8 Å². The van der Waals surface area contributed by atoms with Gasteiger partial charge in [-0.3, -0.25) is 0 Å². The summed E-state index contributed by atoms with van der Waals surface area (Å²) in [5.41, 5.74) is 0.985. The number of rotatable bonds is 10. The molecule has 0 fully saturated rings. The van der Waals surface area contributed by atoms with Gasteiger partial charge >= 0.3 is 5.97 Å². The number of nitrogens with one attached hydrogen (secondary N) is 1. The predicted molar refractivity (Wildman–Crippen MR) is 120 cm³/mol. The van der Waals surface area contributed by atoms with Gasteiger partial charge in [0.2, 0.25) is 9.84 Å². The quantitative estimate of drug-likeness (QED) is 0.356. The van der Waals surface area contributed by atoms with Crippen LogP contribution in [0.1, 0.15) is 22.8 Å². The molecule has 3 aromatic carbocycles. The lowest BCUT2D eigenvalue weighted by Crippen LogP contribution is -2.20. The highest BCUT2D eigenvalue weighted by molar-refractivity contribution is 7.91. The summed E-state index contributed by atoms with van der Waals surface area (Å²) >= 11 is 0. The summed E-state index contributed by atoms with van der Waals surface area (Å²) in [6.07, 6.45) is 0. The third kappa shape index (κ3) is 5.87. The topological polar surface area (TPSA) is 102 Å². The Morgan fingerprint density at radius 3 is 2.34 bits per heavy atom. The molecule has 0 spiro atoms. The van der Waals surface area contributed by atoms with Crippen molar-refractivity contribution in [3.8, 4) is 11.5 Å². The summed E-state index contributed by atoms with van der Waals surface area (Å²) < 4.78 is 36.4. The first-order valence-electron chi connectivity index (χ1n) is 10.1. The van der Waals surface area contributed by atoms with Crippen molar-refractivity contribution in [2.75, 3.05) is 19.8 Å². The highest BCUT2D eigenvalue weighted by Gasteiger charge is 2.22. The van der Waals surface area contributed by atoms with Crippen LogP contribution in [-0.2, 0) is 21.1 Å². The molecule has 7 nitrogen and oxygen atoms in total. The molecule has 168 valence electrons. The van der Waals surface area contributed by atoms with Crippen LogP contribution in [0.15, 0.2) is 82.6 Å². The van der Waals surface area contributed by atoms with Crippen molar-refractivity contribution in [2.24, 2.45) is 0 Å². The molecule has 32 heavy (non-hydrogen) atoms. The first-order chi connectivity index (χ1) is 15.4. The zero-order chi connectivity index (χ0) is 23.0. The predicted octanol–water partition coefficient (Wildman–Crippen LogP) is 3.57. The third-order valence-corrected chi connectivity index (χ3v) is 6.39. The smallest absolute Gasteiger partial charge is 0.341 e. The molecular formula is C24H25NO6S. The van der Waals surface area contributed by atoms with E-state index in [0.717, 1.165) is 12.6 Å². The minimum atomic E-state index is -3.89. The van der Waals surface area contributed by atoms with Crippen LogP contribution in [0.5, 0.6) is 11.5 Å². The fourth-order valence-electron chi connectivity index (χ4n) is 2.98. The number of carbonyl (C=O) groups excluding carboxylic acids is 1. The Hall–Kier alpha value is -3.36. The second-order valence-electron chi connectivity index (χ2n) is 6.89. The van der Waals surface area contributed by atoms with Crippen LogP contribution >= 0.6 is 0 Å². The standard InChI is InChI=1S/C24H25NO6S/c1-2-30-24(27)22-16-21(12-13-23(22)26)32(28,29)20-10-8-19(9-11-20)31-15-14-25-17-18-6-4-3-5-7-18/h3-13,16,25-26H,2,14-15,17H2,1H3. The van der Waals surface area contributed by atoms with Crippen molar-refractivity contribution in [1.29, 1.82) is 0 Å². The third-order valence-electron chi connectivity index (χ3n) is 4.63. The Kier molecular flexibility index (Phi) is 7.86. The van der Waals surface area contributed by atoms with E-state index in [1.165, 1.54) is 29.8 Å². The Morgan fingerprint density at radius 1 is 0.969 bits per heavy atom. The van der Waals surface area contributed by atoms with Crippen LogP contribution in [0, 0.1) is 0 Å². The van der Waals surface area contributed by atoms with Gasteiger partial charge in [0.05, 0.1) is 16.4 Å². The maximum Gasteiger partial charge on any atom is 0.341 e. The maximum atomic E-state index is 12.9. The van der Waals surface area contributed by atoms with Crippen molar-refractivity contribution in [3.63, 3.8) is 0 Å². The second-order valence-corrected chi connectivity index (χ2v) is 8.83. The van der Waals surface area contributed by atoms with Gasteiger partial charge in [0, 0.05) is 13.1 Å². The van der Waals surface area contributed by atoms with Gasteiger partial charge in [-0.15, -0.1) is 0 Å². The molecule has 0 aliphatic rings. The number of carbonyl (C=O) groups is 1. The minimum absolute atomic E-state index is 0.0487. The molecular weight excluding hydrogens is 430 g/mol. The minimum Gasteiger partial charge on any atom is -0.507 e. The molecule has 0 atom stereocenters. The molecule has 0 unspecified atom stereocenters. The Bertz CT molecular complexity index is 1140. The highest BCUT2D eigenvalue weighted by atomic mass is 32.2. The van der Waals surface area contributed by atoms with Crippen LogP contribution < -0.4 is 10.1 Å². The van der Waals surface area contributed by atoms with Crippen molar-refractivity contribution in [2.45, 2.75) is 23.3 Å². The molecule has 8 heteroatoms. The first-order valence-corrected chi connectivity index (χ1v) is 11.6. The average Bonchev–Trinajstić information content (AvgIpc) is 2.80. The van der Waals surface area contributed by atoms with E-state index in [4.69, 9.17) is 9.47 Å². The number of phenols is 1. The first kappa shape index (κ1) is 23.3. The number of hydrogen-bond acceptors (Lipinski definition) is 7. The molecule has 0 saturated heterocycles. The van der Waals surface area contributed by atoms with Gasteiger partial charge < -0.3 is 19.9 Å². The molecule has 3 rings (SSSR count). The Balaban J connectivity index is 1.61. The molecule has 0 radical (unpaired) electrons. The van der Waals surface area contributed by atoms with Gasteiger partial charge in [0.15, 0.2) is 0 Å². The van der Waals surface area contributed by atoms with Crippen molar-refractivity contribution in [3.05, 3.63) is 83.9 Å². The molecule has 0 aromatic heterocycles. The fraction of sp³-hybridized carbons (Fsp3) is 0.208. The van der Waals surface area contributed by atoms with Gasteiger partial charge in [-0.05, 0) is 55.0 Å². The van der Waals surface area contributed by atoms with E-state index in [1.807, 2.05) is 30.3 Å². The summed E-state index contributed by atoms with van der Waals surface area (Å²) in [6, 6.07) is 19.6. The lowest BCUT2D eigenvalue weighted by Gasteiger charge is -2.10. The number of ether oxygens (including phenoxy) is 2. The molecule has 0 aliphatic heterocycles. The highest BCUT2D eigenvalue weighted by Crippen LogP contribution is 2.27. The molecule has 2 N–H and O–H groups in total. The zero-order valence-electron chi connectivity index (χ0n) is 17.7. The van der Waals surface area contributed by atoms with E-state index in [-0.39, 0.29) is 27.7 Å². The number of hydrogen-bond donors (Lipinski definition) is 2. The van der Waals surface area contributed by atoms with Gasteiger partial charge in [0.25, 0.3) is 0 Å². The van der Waals surface area contributed by atoms with Crippen LogP contribution in [0.3, 0.4) is 0 Å². The zero-order valence-corrected chi connectivity index (χ0v) is 18.5. The summed E-state index contributed by atoms with van der Waals surface area (Å²) in [6.45, 7) is 3.54. The number of aromatic hydroxyl groups is 1. The number of sulfone groups is 1. The second kappa shape index (κ2) is 10.8. The Morgan fingerprint density at radius 2 is 1.66 bits per heavy atom. The Labute approximate surface area is 187 Å². The van der Waals surface area contributed by atoms with Crippen molar-refractivity contribution < 1.29 is 27.8 Å². The van der Waals surface area contributed by atoms with Crippen LogP contribution in [-0.4, -0.2) is 39.3 Å². The van der Waals surface area contributed by atoms with Crippen LogP contribution in [0.2, 0.25) is 0 Å². The number of phenolic OH excluding ortho intramolecular Hbond substituents is 1. The fourth-order valence-corrected chi connectivity index (χ4v) is 4.26. The average molecular weight is 456 g/mol. The van der Waals surface area contributed by atoms with E-state index in [2.05, 4.69) is 5.32 Å². The molecule has 0 amide bonds. The van der Waals surface area contributed by atoms with Crippen LogP contribution in [0.25, 0.3) is 0 Å². The van der Waals surface area contributed by atoms with E-state index in [1.54, 1.807) is 19.1 Å². The molecule has 0 heterocycles. The number of esters is 1. The van der Waals surface area contributed by atoms with E-state index >= 15 is 0 Å². The molecule has 0 aliphatic carbocycles. The van der Waals surface area contributed by atoms with E-state index in [9.17, 15) is 18.3 Å². The van der Waals surface area contributed by atoms with Gasteiger partial charge in [0.1, 0.15) is 23.7 Å². The van der Waals surface area contributed by atoms with Crippen molar-refractivity contribution >= 4 is 15.8 Å². The van der Waals surface area contributed by atoms with Crippen molar-refractivity contribution in [1.82, 2.24) is 5.32 Å². The summed E-state index contributed by atoms with van der Waals surface area (Å²) in [5.74, 6) is -0.581. The summed E-state index contributed by atoms with van der Waals surface area (Å²) in [5, 5.41) is 13.2. The van der Waals surface area contributed by atoms with Gasteiger partial charge in [-0.1, -0.05) is 30.3 Å². The van der Waals surface area contributed by atoms with Crippen LogP contribution in [0.4, 0.5) is 0 Å². The maximum absolute atomic E-state index is 12.9. The van der Waals surface area contributed by atoms with Gasteiger partial charge in [-0.2, -0.15) is 0 Å². The van der Waals surface area contributed by atoms with E-state index in [0.29, 0.717) is 18.9 Å². The monoisotopic (exact) mass is 455 g/mol.